The molecule has 0 spiro atoms. The summed E-state index contributed by atoms with van der Waals surface area (Å²) in [5, 5.41) is 24.1. The van der Waals surface area contributed by atoms with Gasteiger partial charge in [-0.05, 0) is 53.7 Å². The standard InChI is InChI=1S/C15H13ClN6O2S/c1-9(14(24)18-13-7-2-10(16)8-17-13)25-15-19-20-21-22(15)11-3-5-12(23)6-4-11/h2-9,23H,1H3,(H,17,18,24)/t9-/m1/s1. The molecule has 0 saturated heterocycles. The first-order chi connectivity index (χ1) is 12.0. The molecule has 0 saturated carbocycles. The molecule has 3 rings (SSSR count). The number of aromatic hydroxyl groups is 1. The summed E-state index contributed by atoms with van der Waals surface area (Å²) in [6, 6.07) is 9.70. The number of hydrogen-bond acceptors (Lipinski definition) is 7. The van der Waals surface area contributed by atoms with Gasteiger partial charge in [-0.1, -0.05) is 23.4 Å². The summed E-state index contributed by atoms with van der Waals surface area (Å²) in [5.74, 6) is 0.328. The maximum absolute atomic E-state index is 12.3. The van der Waals surface area contributed by atoms with Gasteiger partial charge >= 0.3 is 0 Å². The Balaban J connectivity index is 1.70. The van der Waals surface area contributed by atoms with Crippen LogP contribution in [0, 0.1) is 0 Å². The smallest absolute Gasteiger partial charge is 0.238 e. The van der Waals surface area contributed by atoms with Crippen molar-refractivity contribution in [2.45, 2.75) is 17.3 Å². The zero-order valence-corrected chi connectivity index (χ0v) is 14.6. The Morgan fingerprint density at radius 3 is 2.72 bits per heavy atom. The van der Waals surface area contributed by atoms with Crippen LogP contribution in [0.1, 0.15) is 6.92 Å². The summed E-state index contributed by atoms with van der Waals surface area (Å²) in [6.07, 6.45) is 1.46. The van der Waals surface area contributed by atoms with Gasteiger partial charge in [0.05, 0.1) is 16.0 Å². The zero-order valence-electron chi connectivity index (χ0n) is 13.0. The molecule has 3 aromatic rings. The van der Waals surface area contributed by atoms with Crippen molar-refractivity contribution < 1.29 is 9.90 Å². The molecule has 1 aromatic carbocycles. The van der Waals surface area contributed by atoms with Crippen molar-refractivity contribution in [3.05, 3.63) is 47.6 Å². The lowest BCUT2D eigenvalue weighted by atomic mass is 10.3. The van der Waals surface area contributed by atoms with Gasteiger partial charge in [-0.25, -0.2) is 4.98 Å². The molecule has 8 nitrogen and oxygen atoms in total. The molecular formula is C15H13ClN6O2S. The first kappa shape index (κ1) is 17.2. The zero-order chi connectivity index (χ0) is 17.8. The van der Waals surface area contributed by atoms with E-state index in [4.69, 9.17) is 11.6 Å². The number of thioether (sulfide) groups is 1. The summed E-state index contributed by atoms with van der Waals surface area (Å²) in [5.41, 5.74) is 0.678. The monoisotopic (exact) mass is 376 g/mol. The van der Waals surface area contributed by atoms with Crippen LogP contribution in [0.2, 0.25) is 5.02 Å². The van der Waals surface area contributed by atoms with E-state index in [0.29, 0.717) is 21.7 Å². The second-order valence-corrected chi connectivity index (χ2v) is 6.75. The van der Waals surface area contributed by atoms with Crippen molar-refractivity contribution in [2.75, 3.05) is 5.32 Å². The number of pyridine rings is 1. The van der Waals surface area contributed by atoms with Crippen molar-refractivity contribution >= 4 is 35.1 Å². The third-order valence-electron chi connectivity index (χ3n) is 3.17. The third kappa shape index (κ3) is 4.25. The van der Waals surface area contributed by atoms with Gasteiger partial charge in [0.1, 0.15) is 11.6 Å². The molecule has 0 aliphatic carbocycles. The van der Waals surface area contributed by atoms with Gasteiger partial charge in [0, 0.05) is 6.20 Å². The Kier molecular flexibility index (Phi) is 5.15. The first-order valence-electron chi connectivity index (χ1n) is 7.20. The summed E-state index contributed by atoms with van der Waals surface area (Å²) in [4.78, 5) is 16.3. The Morgan fingerprint density at radius 1 is 1.28 bits per heavy atom. The lowest BCUT2D eigenvalue weighted by Crippen LogP contribution is -2.23. The average Bonchev–Trinajstić information content (AvgIpc) is 3.05. The summed E-state index contributed by atoms with van der Waals surface area (Å²) >= 11 is 6.98. The van der Waals surface area contributed by atoms with Crippen molar-refractivity contribution in [3.8, 4) is 11.4 Å². The molecule has 2 aromatic heterocycles. The molecule has 0 aliphatic heterocycles. The summed E-state index contributed by atoms with van der Waals surface area (Å²) in [7, 11) is 0. The van der Waals surface area contributed by atoms with Crippen LogP contribution in [0.4, 0.5) is 5.82 Å². The second-order valence-electron chi connectivity index (χ2n) is 5.00. The molecule has 0 aliphatic rings. The molecule has 0 unspecified atom stereocenters. The normalized spacial score (nSPS) is 11.9. The molecule has 0 bridgehead atoms. The molecule has 2 N–H and O–H groups in total. The number of nitrogens with one attached hydrogen (secondary N) is 1. The van der Waals surface area contributed by atoms with E-state index in [1.54, 1.807) is 31.2 Å². The third-order valence-corrected chi connectivity index (χ3v) is 4.42. The number of rotatable bonds is 5. The van der Waals surface area contributed by atoms with Gasteiger partial charge in [0.25, 0.3) is 0 Å². The van der Waals surface area contributed by atoms with Gasteiger partial charge < -0.3 is 10.4 Å². The summed E-state index contributed by atoms with van der Waals surface area (Å²) < 4.78 is 1.49. The Labute approximate surface area is 152 Å². The fraction of sp³-hybridized carbons (Fsp3) is 0.133. The fourth-order valence-corrected chi connectivity index (χ4v) is 2.82. The number of halogens is 1. The Bertz CT molecular complexity index is 868. The number of amides is 1. The highest BCUT2D eigenvalue weighted by Gasteiger charge is 2.19. The molecule has 2 heterocycles. The molecule has 1 atom stereocenters. The molecule has 10 heteroatoms. The van der Waals surface area contributed by atoms with Crippen LogP contribution in [-0.2, 0) is 4.79 Å². The number of anilines is 1. The predicted molar refractivity (Wildman–Crippen MR) is 94.0 cm³/mol. The maximum atomic E-state index is 12.3. The van der Waals surface area contributed by atoms with Gasteiger partial charge in [0.15, 0.2) is 0 Å². The minimum absolute atomic E-state index is 0.147. The molecule has 1 amide bonds. The van der Waals surface area contributed by atoms with E-state index >= 15 is 0 Å². The number of aromatic nitrogens is 5. The number of tetrazole rings is 1. The van der Waals surface area contributed by atoms with Gasteiger partial charge in [-0.15, -0.1) is 5.10 Å². The maximum Gasteiger partial charge on any atom is 0.238 e. The second kappa shape index (κ2) is 7.49. The number of carbonyl (C=O) groups excluding carboxylic acids is 1. The van der Waals surface area contributed by atoms with Crippen molar-refractivity contribution in [1.82, 2.24) is 25.2 Å². The van der Waals surface area contributed by atoms with E-state index in [9.17, 15) is 9.90 Å². The quantitative estimate of drug-likeness (QED) is 0.659. The lowest BCUT2D eigenvalue weighted by molar-refractivity contribution is -0.115. The van der Waals surface area contributed by atoms with Gasteiger partial charge in [-0.3, -0.25) is 4.79 Å². The number of benzene rings is 1. The Morgan fingerprint density at radius 2 is 2.04 bits per heavy atom. The van der Waals surface area contributed by atoms with Crippen LogP contribution in [0.5, 0.6) is 5.75 Å². The molecular weight excluding hydrogens is 364 g/mol. The van der Waals surface area contributed by atoms with E-state index < -0.39 is 5.25 Å². The highest BCUT2D eigenvalue weighted by atomic mass is 35.5. The van der Waals surface area contributed by atoms with Crippen LogP contribution >= 0.6 is 23.4 Å². The highest BCUT2D eigenvalue weighted by Crippen LogP contribution is 2.24. The number of nitrogens with zero attached hydrogens (tertiary/aromatic N) is 5. The largest absolute Gasteiger partial charge is 0.508 e. The van der Waals surface area contributed by atoms with Crippen LogP contribution in [0.25, 0.3) is 5.69 Å². The molecule has 0 fully saturated rings. The van der Waals surface area contributed by atoms with Crippen molar-refractivity contribution in [1.29, 1.82) is 0 Å². The number of hydrogen-bond donors (Lipinski definition) is 2. The van der Waals surface area contributed by atoms with Crippen LogP contribution in [-0.4, -0.2) is 41.5 Å². The topological polar surface area (TPSA) is 106 Å². The average molecular weight is 377 g/mol. The van der Waals surface area contributed by atoms with Gasteiger partial charge in [-0.2, -0.15) is 4.68 Å². The lowest BCUT2D eigenvalue weighted by Gasteiger charge is -2.11. The first-order valence-corrected chi connectivity index (χ1v) is 8.45. The summed E-state index contributed by atoms with van der Waals surface area (Å²) in [6.45, 7) is 1.74. The van der Waals surface area contributed by atoms with E-state index in [2.05, 4.69) is 25.8 Å². The number of phenols is 1. The molecule has 0 radical (unpaired) electrons. The predicted octanol–water partition coefficient (Wildman–Crippen LogP) is 2.54. The SMILES string of the molecule is C[C@@H](Sc1nnnn1-c1ccc(O)cc1)C(=O)Nc1ccc(Cl)cn1. The van der Waals surface area contributed by atoms with Crippen LogP contribution in [0.3, 0.4) is 0 Å². The fourth-order valence-electron chi connectivity index (χ4n) is 1.90. The minimum atomic E-state index is -0.459. The van der Waals surface area contributed by atoms with E-state index in [0.717, 1.165) is 0 Å². The van der Waals surface area contributed by atoms with E-state index in [-0.39, 0.29) is 11.7 Å². The molecule has 128 valence electrons. The Hall–Kier alpha value is -2.65. The minimum Gasteiger partial charge on any atom is -0.508 e. The van der Waals surface area contributed by atoms with E-state index in [1.165, 1.54) is 34.8 Å². The molecule has 25 heavy (non-hydrogen) atoms. The van der Waals surface area contributed by atoms with Gasteiger partial charge in [0.2, 0.25) is 11.1 Å². The highest BCUT2D eigenvalue weighted by molar-refractivity contribution is 8.00. The van der Waals surface area contributed by atoms with Crippen molar-refractivity contribution in [2.24, 2.45) is 0 Å². The number of phenolic OH excluding ortho intramolecular Hbond substituents is 1. The van der Waals surface area contributed by atoms with Crippen LogP contribution in [0.15, 0.2) is 47.8 Å². The van der Waals surface area contributed by atoms with Crippen molar-refractivity contribution in [3.63, 3.8) is 0 Å². The van der Waals surface area contributed by atoms with Crippen LogP contribution < -0.4 is 5.32 Å². The number of carbonyl (C=O) groups is 1. The van der Waals surface area contributed by atoms with E-state index in [1.807, 2.05) is 0 Å².